The van der Waals surface area contributed by atoms with Gasteiger partial charge in [-0.15, -0.1) is 0 Å². The van der Waals surface area contributed by atoms with Gasteiger partial charge in [0, 0.05) is 11.1 Å². The van der Waals surface area contributed by atoms with Crippen LogP contribution >= 0.6 is 0 Å². The van der Waals surface area contributed by atoms with E-state index in [1.807, 2.05) is 30.3 Å². The molecule has 0 aliphatic heterocycles. The zero-order valence-electron chi connectivity index (χ0n) is 16.8. The predicted octanol–water partition coefficient (Wildman–Crippen LogP) is 3.38. The summed E-state index contributed by atoms with van der Waals surface area (Å²) in [4.78, 5) is 37.7. The first kappa shape index (κ1) is 20.9. The fraction of sp³-hybridized carbons (Fsp3) is 0.0833. The van der Waals surface area contributed by atoms with Crippen molar-refractivity contribution in [3.63, 3.8) is 0 Å². The van der Waals surface area contributed by atoms with Crippen LogP contribution < -0.4 is 10.9 Å². The fourth-order valence-electron chi connectivity index (χ4n) is 3.18. The van der Waals surface area contributed by atoms with Crippen molar-refractivity contribution in [2.24, 2.45) is 0 Å². The van der Waals surface area contributed by atoms with Crippen LogP contribution in [0.5, 0.6) is 0 Å². The molecule has 0 bridgehead atoms. The van der Waals surface area contributed by atoms with Gasteiger partial charge in [-0.2, -0.15) is 5.10 Å². The number of carbonyl (C=O) groups excluding carboxylic acids is 2. The second-order valence-corrected chi connectivity index (χ2v) is 6.97. The lowest BCUT2D eigenvalue weighted by Crippen LogP contribution is -2.28. The molecule has 0 aliphatic rings. The van der Waals surface area contributed by atoms with Gasteiger partial charge in [0.2, 0.25) is 0 Å². The minimum Gasteiger partial charge on any atom is -0.451 e. The van der Waals surface area contributed by atoms with Crippen molar-refractivity contribution in [3.05, 3.63) is 106 Å². The highest BCUT2D eigenvalue weighted by molar-refractivity contribution is 6.03. The number of ether oxygens (including phenoxy) is 1. The molecule has 0 saturated heterocycles. The Morgan fingerprint density at radius 2 is 1.56 bits per heavy atom. The van der Waals surface area contributed by atoms with Crippen LogP contribution in [0.25, 0.3) is 10.8 Å². The Hall–Kier alpha value is -4.33. The monoisotopic (exact) mass is 431 g/mol. The van der Waals surface area contributed by atoms with Gasteiger partial charge in [-0.3, -0.25) is 9.59 Å². The van der Waals surface area contributed by atoms with E-state index < -0.39 is 24.3 Å². The van der Waals surface area contributed by atoms with Crippen LogP contribution in [0.3, 0.4) is 0 Å². The van der Waals surface area contributed by atoms with Crippen LogP contribution in [0.4, 0.5) is 10.1 Å². The highest BCUT2D eigenvalue weighted by Gasteiger charge is 2.19. The molecule has 0 atom stereocenters. The fourth-order valence-corrected chi connectivity index (χ4v) is 3.18. The standard InChI is InChI=1S/C24H18FN3O4/c25-17-10-12-18(13-11-17)26-21(29)15-32-24(31)22-19-8-4-5-9-20(19)23(30)28(27-22)14-16-6-2-1-3-7-16/h1-13H,14-15H2,(H,26,29). The van der Waals surface area contributed by atoms with Crippen molar-refractivity contribution >= 4 is 28.3 Å². The smallest absolute Gasteiger partial charge is 0.359 e. The van der Waals surface area contributed by atoms with Gasteiger partial charge in [-0.25, -0.2) is 13.9 Å². The van der Waals surface area contributed by atoms with E-state index in [9.17, 15) is 18.8 Å². The Kier molecular flexibility index (Phi) is 6.03. The third-order valence-electron chi connectivity index (χ3n) is 4.70. The van der Waals surface area contributed by atoms with Crippen molar-refractivity contribution in [1.29, 1.82) is 0 Å². The first-order valence-electron chi connectivity index (χ1n) is 9.77. The lowest BCUT2D eigenvalue weighted by Gasteiger charge is -2.11. The van der Waals surface area contributed by atoms with E-state index in [0.717, 1.165) is 5.56 Å². The van der Waals surface area contributed by atoms with Crippen molar-refractivity contribution in [1.82, 2.24) is 9.78 Å². The molecule has 1 N–H and O–H groups in total. The highest BCUT2D eigenvalue weighted by atomic mass is 19.1. The van der Waals surface area contributed by atoms with E-state index in [1.165, 1.54) is 28.9 Å². The number of carbonyl (C=O) groups is 2. The summed E-state index contributed by atoms with van der Waals surface area (Å²) in [7, 11) is 0. The first-order chi connectivity index (χ1) is 15.5. The molecule has 0 fully saturated rings. The Balaban J connectivity index is 1.56. The number of halogens is 1. The summed E-state index contributed by atoms with van der Waals surface area (Å²) >= 11 is 0. The molecule has 3 aromatic carbocycles. The molecular formula is C24H18FN3O4. The maximum Gasteiger partial charge on any atom is 0.359 e. The van der Waals surface area contributed by atoms with Gasteiger partial charge >= 0.3 is 5.97 Å². The maximum atomic E-state index is 13.0. The number of aromatic nitrogens is 2. The van der Waals surface area contributed by atoms with E-state index >= 15 is 0 Å². The van der Waals surface area contributed by atoms with Gasteiger partial charge in [-0.1, -0.05) is 48.5 Å². The van der Waals surface area contributed by atoms with Gasteiger partial charge in [0.05, 0.1) is 11.9 Å². The highest BCUT2D eigenvalue weighted by Crippen LogP contribution is 2.15. The molecule has 0 aliphatic carbocycles. The molecule has 4 rings (SSSR count). The van der Waals surface area contributed by atoms with E-state index in [0.29, 0.717) is 16.5 Å². The predicted molar refractivity (Wildman–Crippen MR) is 117 cm³/mol. The number of esters is 1. The number of nitrogens with one attached hydrogen (secondary N) is 1. The number of hydrogen-bond donors (Lipinski definition) is 1. The minimum absolute atomic E-state index is 0.0642. The molecule has 1 heterocycles. The van der Waals surface area contributed by atoms with E-state index in [1.54, 1.807) is 24.3 Å². The molecule has 1 amide bonds. The normalized spacial score (nSPS) is 10.7. The van der Waals surface area contributed by atoms with Crippen LogP contribution in [0, 0.1) is 5.82 Å². The van der Waals surface area contributed by atoms with Crippen molar-refractivity contribution in [2.45, 2.75) is 6.54 Å². The summed E-state index contributed by atoms with van der Waals surface area (Å²) in [6.07, 6.45) is 0. The van der Waals surface area contributed by atoms with Crippen LogP contribution in [0.15, 0.2) is 83.7 Å². The van der Waals surface area contributed by atoms with Crippen LogP contribution in [0.2, 0.25) is 0 Å². The van der Waals surface area contributed by atoms with Crippen molar-refractivity contribution in [2.75, 3.05) is 11.9 Å². The number of fused-ring (bicyclic) bond motifs is 1. The average Bonchev–Trinajstić information content (AvgIpc) is 2.81. The van der Waals surface area contributed by atoms with Gasteiger partial charge in [0.1, 0.15) is 5.82 Å². The van der Waals surface area contributed by atoms with E-state index in [4.69, 9.17) is 4.74 Å². The van der Waals surface area contributed by atoms with Crippen molar-refractivity contribution in [3.8, 4) is 0 Å². The van der Waals surface area contributed by atoms with Crippen LogP contribution in [0.1, 0.15) is 16.1 Å². The van der Waals surface area contributed by atoms with Gasteiger partial charge in [-0.05, 0) is 35.9 Å². The Labute approximate surface area is 182 Å². The summed E-state index contributed by atoms with van der Waals surface area (Å²) in [6.45, 7) is -0.389. The number of benzene rings is 3. The molecule has 4 aromatic rings. The second-order valence-electron chi connectivity index (χ2n) is 6.97. The number of nitrogens with zero attached hydrogens (tertiary/aromatic N) is 2. The number of amides is 1. The molecule has 32 heavy (non-hydrogen) atoms. The first-order valence-corrected chi connectivity index (χ1v) is 9.77. The van der Waals surface area contributed by atoms with Gasteiger partial charge < -0.3 is 10.1 Å². The summed E-state index contributed by atoms with van der Waals surface area (Å²) in [5, 5.41) is 7.39. The molecule has 8 heteroatoms. The largest absolute Gasteiger partial charge is 0.451 e. The van der Waals surface area contributed by atoms with Crippen LogP contribution in [-0.2, 0) is 16.1 Å². The quantitative estimate of drug-likeness (QED) is 0.473. The SMILES string of the molecule is O=C(COC(=O)c1nn(Cc2ccccc2)c(=O)c2ccccc12)Nc1ccc(F)cc1. The molecule has 7 nitrogen and oxygen atoms in total. The number of anilines is 1. The Bertz CT molecular complexity index is 1340. The topological polar surface area (TPSA) is 90.3 Å². The third kappa shape index (κ3) is 4.70. The van der Waals surface area contributed by atoms with Crippen LogP contribution in [-0.4, -0.2) is 28.3 Å². The van der Waals surface area contributed by atoms with Crippen molar-refractivity contribution < 1.29 is 18.7 Å². The lowest BCUT2D eigenvalue weighted by atomic mass is 10.1. The third-order valence-corrected chi connectivity index (χ3v) is 4.70. The molecule has 0 radical (unpaired) electrons. The summed E-state index contributed by atoms with van der Waals surface area (Å²) in [5.41, 5.74) is 0.809. The van der Waals surface area contributed by atoms with Gasteiger partial charge in [0.15, 0.2) is 12.3 Å². The summed E-state index contributed by atoms with van der Waals surface area (Å²) in [5.74, 6) is -1.86. The number of hydrogen-bond acceptors (Lipinski definition) is 5. The Morgan fingerprint density at radius 1 is 0.906 bits per heavy atom. The summed E-state index contributed by atoms with van der Waals surface area (Å²) in [6, 6.07) is 21.0. The molecule has 160 valence electrons. The minimum atomic E-state index is -0.836. The maximum absolute atomic E-state index is 13.0. The van der Waals surface area contributed by atoms with E-state index in [2.05, 4.69) is 10.4 Å². The Morgan fingerprint density at radius 3 is 2.28 bits per heavy atom. The lowest BCUT2D eigenvalue weighted by molar-refractivity contribution is -0.119. The zero-order chi connectivity index (χ0) is 22.5. The zero-order valence-corrected chi connectivity index (χ0v) is 16.8. The molecule has 1 aromatic heterocycles. The molecule has 0 saturated carbocycles. The van der Waals surface area contributed by atoms with E-state index in [-0.39, 0.29) is 17.8 Å². The molecule has 0 unspecified atom stereocenters. The second kappa shape index (κ2) is 9.22. The molecular weight excluding hydrogens is 413 g/mol. The van der Waals surface area contributed by atoms with Gasteiger partial charge in [0.25, 0.3) is 11.5 Å². The average molecular weight is 431 g/mol. The summed E-state index contributed by atoms with van der Waals surface area (Å²) < 4.78 is 19.3. The number of rotatable bonds is 6. The molecule has 0 spiro atoms.